The van der Waals surface area contributed by atoms with Gasteiger partial charge in [0.15, 0.2) is 0 Å². The minimum atomic E-state index is -3.74. The largest absolute Gasteiger partial charge is 0.219 e. The van der Waals surface area contributed by atoms with Crippen LogP contribution < -0.4 is 0 Å². The maximum atomic E-state index is 13.6. The molecule has 3 aromatic carbocycles. The minimum absolute atomic E-state index is 0.0400. The van der Waals surface area contributed by atoms with Crippen molar-refractivity contribution in [2.45, 2.75) is 9.79 Å². The van der Waals surface area contributed by atoms with Crippen molar-refractivity contribution in [1.29, 1.82) is 5.26 Å². The molecule has 0 unspecified atom stereocenters. The molecule has 3 rings (SSSR count). The molecule has 0 amide bonds. The van der Waals surface area contributed by atoms with Crippen molar-refractivity contribution >= 4 is 22.0 Å². The third kappa shape index (κ3) is 4.10. The summed E-state index contributed by atoms with van der Waals surface area (Å²) in [6, 6.07) is 17.0. The SMILES string of the molecule is N#Cc1cccc(S(=O)(=O)c2ccc(C=Cc3ccc(F)cc3F)cc2)c1. The molecule has 0 aromatic heterocycles. The number of rotatable bonds is 4. The average molecular weight is 381 g/mol. The summed E-state index contributed by atoms with van der Waals surface area (Å²) in [6.45, 7) is 0. The van der Waals surface area contributed by atoms with Gasteiger partial charge in [-0.25, -0.2) is 17.2 Å². The molecule has 6 heteroatoms. The van der Waals surface area contributed by atoms with Crippen molar-refractivity contribution in [1.82, 2.24) is 0 Å². The third-order valence-corrected chi connectivity index (χ3v) is 5.65. The summed E-state index contributed by atoms with van der Waals surface area (Å²) in [5, 5.41) is 8.92. The highest BCUT2D eigenvalue weighted by atomic mass is 32.2. The van der Waals surface area contributed by atoms with E-state index in [4.69, 9.17) is 5.26 Å². The van der Waals surface area contributed by atoms with Crippen molar-refractivity contribution in [3.63, 3.8) is 0 Å². The molecule has 0 saturated carbocycles. The van der Waals surface area contributed by atoms with Gasteiger partial charge in [-0.05, 0) is 48.0 Å². The summed E-state index contributed by atoms with van der Waals surface area (Å²) in [6.07, 6.45) is 3.08. The Hall–Kier alpha value is -3.30. The van der Waals surface area contributed by atoms with Crippen LogP contribution >= 0.6 is 0 Å². The molecule has 3 aromatic rings. The van der Waals surface area contributed by atoms with Crippen LogP contribution in [0.25, 0.3) is 12.2 Å². The second-order valence-electron chi connectivity index (χ2n) is 5.71. The fourth-order valence-electron chi connectivity index (χ4n) is 2.45. The van der Waals surface area contributed by atoms with Crippen molar-refractivity contribution < 1.29 is 17.2 Å². The van der Waals surface area contributed by atoms with Gasteiger partial charge in [0, 0.05) is 11.6 Å². The van der Waals surface area contributed by atoms with Gasteiger partial charge in [0.1, 0.15) is 11.6 Å². The second kappa shape index (κ2) is 7.52. The second-order valence-corrected chi connectivity index (χ2v) is 7.66. The van der Waals surface area contributed by atoms with E-state index in [0.29, 0.717) is 5.56 Å². The standard InChI is InChI=1S/C21H13F2NO2S/c22-18-9-8-17(21(23)13-18)7-4-15-5-10-19(11-6-15)27(25,26)20-3-1-2-16(12-20)14-24/h1-13H. The molecule has 0 N–H and O–H groups in total. The number of hydrogen-bond acceptors (Lipinski definition) is 3. The lowest BCUT2D eigenvalue weighted by Gasteiger charge is -2.05. The lowest BCUT2D eigenvalue weighted by atomic mass is 10.1. The first-order valence-corrected chi connectivity index (χ1v) is 9.37. The number of hydrogen-bond donors (Lipinski definition) is 0. The van der Waals surface area contributed by atoms with Crippen molar-refractivity contribution in [3.05, 3.63) is 95.1 Å². The third-order valence-electron chi connectivity index (χ3n) is 3.88. The van der Waals surface area contributed by atoms with Crippen LogP contribution in [0.15, 0.2) is 76.5 Å². The minimum Gasteiger partial charge on any atom is -0.219 e. The Morgan fingerprint density at radius 3 is 2.26 bits per heavy atom. The zero-order chi connectivity index (χ0) is 19.4. The van der Waals surface area contributed by atoms with Gasteiger partial charge in [0.2, 0.25) is 9.84 Å². The molecule has 0 aliphatic carbocycles. The summed E-state index contributed by atoms with van der Waals surface area (Å²) in [4.78, 5) is 0.126. The van der Waals surface area contributed by atoms with Crippen LogP contribution in [0, 0.1) is 23.0 Å². The van der Waals surface area contributed by atoms with E-state index >= 15 is 0 Å². The van der Waals surface area contributed by atoms with Gasteiger partial charge in [-0.15, -0.1) is 0 Å². The first-order valence-electron chi connectivity index (χ1n) is 7.88. The fourth-order valence-corrected chi connectivity index (χ4v) is 3.76. The van der Waals surface area contributed by atoms with Gasteiger partial charge in [-0.1, -0.05) is 30.4 Å². The molecule has 0 saturated heterocycles. The Kier molecular flexibility index (Phi) is 5.15. The molecule has 0 bridgehead atoms. The summed E-state index contributed by atoms with van der Waals surface area (Å²) >= 11 is 0. The highest BCUT2D eigenvalue weighted by Crippen LogP contribution is 2.22. The Morgan fingerprint density at radius 1 is 0.852 bits per heavy atom. The predicted molar refractivity (Wildman–Crippen MR) is 98.3 cm³/mol. The lowest BCUT2D eigenvalue weighted by Crippen LogP contribution is -2.02. The Morgan fingerprint density at radius 2 is 1.59 bits per heavy atom. The van der Waals surface area contributed by atoms with E-state index in [1.165, 1.54) is 48.5 Å². The molecule has 27 heavy (non-hydrogen) atoms. The Bertz CT molecular complexity index is 1160. The Labute approximate surface area is 155 Å². The smallest absolute Gasteiger partial charge is 0.206 e. The topological polar surface area (TPSA) is 57.9 Å². The van der Waals surface area contributed by atoms with E-state index in [-0.39, 0.29) is 20.9 Å². The zero-order valence-corrected chi connectivity index (χ0v) is 14.7. The molecular formula is C21H13F2NO2S. The molecule has 134 valence electrons. The monoisotopic (exact) mass is 381 g/mol. The quantitative estimate of drug-likeness (QED) is 0.608. The highest BCUT2D eigenvalue weighted by molar-refractivity contribution is 7.91. The summed E-state index contributed by atoms with van der Waals surface area (Å²) in [5.41, 5.74) is 1.14. The van der Waals surface area contributed by atoms with Crippen molar-refractivity contribution in [2.75, 3.05) is 0 Å². The van der Waals surface area contributed by atoms with Gasteiger partial charge in [-0.2, -0.15) is 5.26 Å². The molecule has 0 fully saturated rings. The summed E-state index contributed by atoms with van der Waals surface area (Å²) < 4.78 is 51.9. The normalized spacial score (nSPS) is 11.4. The number of sulfone groups is 1. The maximum absolute atomic E-state index is 13.6. The molecule has 0 radical (unpaired) electrons. The highest BCUT2D eigenvalue weighted by Gasteiger charge is 2.17. The summed E-state index contributed by atoms with van der Waals surface area (Å²) in [5.74, 6) is -1.33. The zero-order valence-electron chi connectivity index (χ0n) is 13.9. The van der Waals surface area contributed by atoms with Crippen LogP contribution in [0.5, 0.6) is 0 Å². The van der Waals surface area contributed by atoms with Gasteiger partial charge in [0.25, 0.3) is 0 Å². The van der Waals surface area contributed by atoms with E-state index in [0.717, 1.165) is 12.1 Å². The lowest BCUT2D eigenvalue weighted by molar-refractivity contribution is 0.581. The first kappa shape index (κ1) is 18.5. The molecule has 0 aliphatic heterocycles. The number of benzene rings is 3. The molecule has 0 atom stereocenters. The van der Waals surface area contributed by atoms with Gasteiger partial charge < -0.3 is 0 Å². The molecule has 0 heterocycles. The molecule has 0 aliphatic rings. The van der Waals surface area contributed by atoms with Crippen LogP contribution in [0.4, 0.5) is 8.78 Å². The number of halogens is 2. The first-order chi connectivity index (χ1) is 12.9. The van der Waals surface area contributed by atoms with Crippen molar-refractivity contribution in [3.8, 4) is 6.07 Å². The van der Waals surface area contributed by atoms with Crippen LogP contribution in [0.3, 0.4) is 0 Å². The Balaban J connectivity index is 1.86. The van der Waals surface area contributed by atoms with Crippen LogP contribution in [0.1, 0.15) is 16.7 Å². The van der Waals surface area contributed by atoms with E-state index < -0.39 is 21.5 Å². The van der Waals surface area contributed by atoms with E-state index in [1.54, 1.807) is 18.2 Å². The van der Waals surface area contributed by atoms with Crippen LogP contribution in [-0.2, 0) is 9.84 Å². The van der Waals surface area contributed by atoms with Gasteiger partial charge in [0.05, 0.1) is 21.4 Å². The predicted octanol–water partition coefficient (Wildman–Crippen LogP) is 4.84. The van der Waals surface area contributed by atoms with Crippen molar-refractivity contribution in [2.24, 2.45) is 0 Å². The number of nitriles is 1. The average Bonchev–Trinajstić information content (AvgIpc) is 2.67. The maximum Gasteiger partial charge on any atom is 0.206 e. The van der Waals surface area contributed by atoms with E-state index in [9.17, 15) is 17.2 Å². The van der Waals surface area contributed by atoms with Crippen LogP contribution in [0.2, 0.25) is 0 Å². The summed E-state index contributed by atoms with van der Waals surface area (Å²) in [7, 11) is -3.74. The van der Waals surface area contributed by atoms with Crippen LogP contribution in [-0.4, -0.2) is 8.42 Å². The number of nitrogens with zero attached hydrogens (tertiary/aromatic N) is 1. The molecular weight excluding hydrogens is 368 g/mol. The van der Waals surface area contributed by atoms with Gasteiger partial charge >= 0.3 is 0 Å². The fraction of sp³-hybridized carbons (Fsp3) is 0. The molecule has 3 nitrogen and oxygen atoms in total. The van der Waals surface area contributed by atoms with E-state index in [1.807, 2.05) is 6.07 Å². The van der Waals surface area contributed by atoms with E-state index in [2.05, 4.69) is 0 Å². The molecule has 0 spiro atoms. The van der Waals surface area contributed by atoms with Gasteiger partial charge in [-0.3, -0.25) is 0 Å².